The van der Waals surface area contributed by atoms with Crippen LogP contribution in [-0.2, 0) is 6.42 Å². The van der Waals surface area contributed by atoms with Gasteiger partial charge in [-0.1, -0.05) is 42.3 Å². The molecular weight excluding hydrogens is 280 g/mol. The van der Waals surface area contributed by atoms with Crippen LogP contribution >= 0.6 is 22.9 Å². The Labute approximate surface area is 122 Å². The predicted octanol–water partition coefficient (Wildman–Crippen LogP) is 3.57. The van der Waals surface area contributed by atoms with Gasteiger partial charge in [0.15, 0.2) is 0 Å². The number of thiazole rings is 1. The highest BCUT2D eigenvalue weighted by Crippen LogP contribution is 2.26. The van der Waals surface area contributed by atoms with Crippen LogP contribution in [0.5, 0.6) is 5.75 Å². The number of anilines is 1. The molecule has 102 valence electrons. The van der Waals surface area contributed by atoms with Gasteiger partial charge in [0, 0.05) is 11.8 Å². The van der Waals surface area contributed by atoms with Crippen molar-refractivity contribution in [3.63, 3.8) is 0 Å². The third-order valence-corrected chi connectivity index (χ3v) is 3.81. The Morgan fingerprint density at radius 1 is 1.42 bits per heavy atom. The van der Waals surface area contributed by atoms with E-state index in [1.165, 1.54) is 11.3 Å². The Balaban J connectivity index is 2.01. The number of hydrogen-bond acceptors (Lipinski definition) is 3. The summed E-state index contributed by atoms with van der Waals surface area (Å²) in [4.78, 5) is 3.12. The number of hydrogen-bond donors (Lipinski definition) is 1. The summed E-state index contributed by atoms with van der Waals surface area (Å²) in [6.07, 6.45) is 2.95. The van der Waals surface area contributed by atoms with Gasteiger partial charge in [-0.3, -0.25) is 5.73 Å². The number of rotatable bonds is 6. The molecule has 0 spiro atoms. The number of aromatic amines is 1. The summed E-state index contributed by atoms with van der Waals surface area (Å²) < 4.78 is 5.63. The van der Waals surface area contributed by atoms with Crippen LogP contribution in [0.3, 0.4) is 0 Å². The van der Waals surface area contributed by atoms with E-state index in [-0.39, 0.29) is 0 Å². The van der Waals surface area contributed by atoms with Crippen LogP contribution in [0.15, 0.2) is 23.6 Å². The lowest BCUT2D eigenvalue weighted by Crippen LogP contribution is -2.10. The molecule has 0 fully saturated rings. The maximum absolute atomic E-state index is 6.22. The molecule has 5 heteroatoms. The van der Waals surface area contributed by atoms with Crippen LogP contribution in [0.1, 0.15) is 31.0 Å². The van der Waals surface area contributed by atoms with Crippen molar-refractivity contribution < 1.29 is 9.72 Å². The van der Waals surface area contributed by atoms with Crippen LogP contribution < -0.4 is 15.5 Å². The minimum absolute atomic E-state index is 0.664. The van der Waals surface area contributed by atoms with Crippen molar-refractivity contribution in [2.75, 3.05) is 12.3 Å². The highest BCUT2D eigenvalue weighted by molar-refractivity contribution is 7.13. The Morgan fingerprint density at radius 3 is 2.89 bits per heavy atom. The molecule has 1 aromatic carbocycles. The van der Waals surface area contributed by atoms with Gasteiger partial charge in [-0.2, -0.15) is 0 Å². The van der Waals surface area contributed by atoms with E-state index in [2.05, 4.69) is 11.9 Å². The van der Waals surface area contributed by atoms with Crippen LogP contribution in [0.4, 0.5) is 5.13 Å². The first-order valence-electron chi connectivity index (χ1n) is 6.35. The zero-order valence-electron chi connectivity index (χ0n) is 10.9. The molecular formula is C14H18ClN2OS+. The molecule has 0 atom stereocenters. The largest absolute Gasteiger partial charge is 0.492 e. The minimum atomic E-state index is 0.664. The van der Waals surface area contributed by atoms with Gasteiger partial charge in [0.1, 0.15) is 11.4 Å². The summed E-state index contributed by atoms with van der Waals surface area (Å²) in [5.41, 5.74) is 7.91. The first-order chi connectivity index (χ1) is 9.19. The highest BCUT2D eigenvalue weighted by atomic mass is 35.5. The summed E-state index contributed by atoms with van der Waals surface area (Å²) in [7, 11) is 0. The van der Waals surface area contributed by atoms with E-state index >= 15 is 0 Å². The quantitative estimate of drug-likeness (QED) is 0.829. The molecule has 0 radical (unpaired) electrons. The molecule has 2 rings (SSSR count). The van der Waals surface area contributed by atoms with E-state index in [4.69, 9.17) is 22.1 Å². The van der Waals surface area contributed by atoms with Gasteiger partial charge in [-0.05, 0) is 24.1 Å². The maximum atomic E-state index is 6.22. The molecule has 2 aromatic rings. The van der Waals surface area contributed by atoms with E-state index in [0.29, 0.717) is 11.6 Å². The second-order valence-corrected chi connectivity index (χ2v) is 5.71. The second kappa shape index (κ2) is 6.78. The van der Waals surface area contributed by atoms with Crippen molar-refractivity contribution in [2.24, 2.45) is 0 Å². The monoisotopic (exact) mass is 297 g/mol. The molecule has 0 unspecified atom stereocenters. The van der Waals surface area contributed by atoms with Gasteiger partial charge in [0.2, 0.25) is 0 Å². The Hall–Kier alpha value is -1.26. The number of nitrogens with one attached hydrogen (secondary N) is 1. The predicted molar refractivity (Wildman–Crippen MR) is 79.9 cm³/mol. The third kappa shape index (κ3) is 4.11. The molecule has 1 aromatic heterocycles. The third-order valence-electron chi connectivity index (χ3n) is 2.76. The van der Waals surface area contributed by atoms with Crippen molar-refractivity contribution >= 4 is 28.1 Å². The number of aromatic nitrogens is 1. The Kier molecular flexibility index (Phi) is 5.05. The number of nitrogen functional groups attached to an aromatic ring is 1. The van der Waals surface area contributed by atoms with Gasteiger partial charge in [0.05, 0.1) is 11.6 Å². The van der Waals surface area contributed by atoms with E-state index in [1.54, 1.807) is 0 Å². The number of H-pyrrole nitrogens is 1. The number of halogens is 1. The number of unbranched alkanes of at least 4 members (excludes halogenated alkanes) is 1. The first kappa shape index (κ1) is 14.2. The zero-order chi connectivity index (χ0) is 13.7. The van der Waals surface area contributed by atoms with Gasteiger partial charge in [-0.25, -0.2) is 4.98 Å². The maximum Gasteiger partial charge on any atom is 0.329 e. The zero-order valence-corrected chi connectivity index (χ0v) is 12.5. The van der Waals surface area contributed by atoms with E-state index in [0.717, 1.165) is 41.4 Å². The molecule has 0 aliphatic heterocycles. The standard InChI is InChI=1S/C14H17ClN2OS/c1-2-3-6-18-13-5-4-10(8-12(13)15)7-11-9-19-14(16)17-11/h4-5,8-9H,2-3,6-7H2,1H3,(H2,16,17)/p+1. The van der Waals surface area contributed by atoms with Gasteiger partial charge in [0.25, 0.3) is 0 Å². The molecule has 0 saturated carbocycles. The van der Waals surface area contributed by atoms with E-state index in [1.807, 2.05) is 23.6 Å². The Morgan fingerprint density at radius 2 is 2.26 bits per heavy atom. The lowest BCUT2D eigenvalue weighted by molar-refractivity contribution is -0.365. The minimum Gasteiger partial charge on any atom is -0.492 e. The summed E-state index contributed by atoms with van der Waals surface area (Å²) in [5, 5.41) is 3.41. The van der Waals surface area contributed by atoms with Crippen LogP contribution in [0.25, 0.3) is 0 Å². The summed E-state index contributed by atoms with van der Waals surface area (Å²) in [6, 6.07) is 5.92. The van der Waals surface area contributed by atoms with Crippen molar-refractivity contribution in [3.05, 3.63) is 39.9 Å². The molecule has 0 aliphatic carbocycles. The van der Waals surface area contributed by atoms with Gasteiger partial charge in [-0.15, -0.1) is 0 Å². The summed E-state index contributed by atoms with van der Waals surface area (Å²) in [6.45, 7) is 2.85. The second-order valence-electron chi connectivity index (χ2n) is 4.39. The molecule has 0 bridgehead atoms. The topological polar surface area (TPSA) is 49.4 Å². The smallest absolute Gasteiger partial charge is 0.329 e. The highest BCUT2D eigenvalue weighted by Gasteiger charge is 2.07. The van der Waals surface area contributed by atoms with Crippen LogP contribution in [-0.4, -0.2) is 6.61 Å². The molecule has 1 heterocycles. The van der Waals surface area contributed by atoms with Crippen molar-refractivity contribution in [1.82, 2.24) is 0 Å². The number of nitrogens with two attached hydrogens (primary N) is 1. The average Bonchev–Trinajstić information content (AvgIpc) is 2.78. The lowest BCUT2D eigenvalue weighted by Gasteiger charge is -2.08. The molecule has 19 heavy (non-hydrogen) atoms. The van der Waals surface area contributed by atoms with Gasteiger partial charge >= 0.3 is 5.13 Å². The molecule has 3 N–H and O–H groups in total. The normalized spacial score (nSPS) is 10.6. The molecule has 0 aliphatic rings. The molecule has 0 amide bonds. The van der Waals surface area contributed by atoms with Gasteiger partial charge < -0.3 is 4.74 Å². The number of ether oxygens (including phenoxy) is 1. The first-order valence-corrected chi connectivity index (χ1v) is 7.61. The molecule has 3 nitrogen and oxygen atoms in total. The van der Waals surface area contributed by atoms with Crippen LogP contribution in [0.2, 0.25) is 5.02 Å². The molecule has 0 saturated heterocycles. The van der Waals surface area contributed by atoms with E-state index in [9.17, 15) is 0 Å². The lowest BCUT2D eigenvalue weighted by atomic mass is 10.1. The number of benzene rings is 1. The average molecular weight is 298 g/mol. The van der Waals surface area contributed by atoms with Crippen molar-refractivity contribution in [2.45, 2.75) is 26.2 Å². The SMILES string of the molecule is CCCCOc1ccc(Cc2csc(N)[nH+]2)cc1Cl. The summed E-state index contributed by atoms with van der Waals surface area (Å²) >= 11 is 7.73. The Bertz CT molecular complexity index is 542. The fourth-order valence-corrected chi connectivity index (χ4v) is 2.61. The fourth-order valence-electron chi connectivity index (χ4n) is 1.76. The fraction of sp³-hybridized carbons (Fsp3) is 0.357. The van der Waals surface area contributed by atoms with Crippen molar-refractivity contribution in [1.29, 1.82) is 0 Å². The summed E-state index contributed by atoms with van der Waals surface area (Å²) in [5.74, 6) is 0.757. The van der Waals surface area contributed by atoms with Crippen LogP contribution in [0, 0.1) is 0 Å². The van der Waals surface area contributed by atoms with Crippen molar-refractivity contribution in [3.8, 4) is 5.75 Å². The van der Waals surface area contributed by atoms with E-state index < -0.39 is 0 Å².